The number of esters is 1. The van der Waals surface area contributed by atoms with E-state index in [0.717, 1.165) is 0 Å². The summed E-state index contributed by atoms with van der Waals surface area (Å²) in [7, 11) is -6.69. The molecule has 0 saturated heterocycles. The number of hydrogen-bond acceptors (Lipinski definition) is 7. The summed E-state index contributed by atoms with van der Waals surface area (Å²) < 4.78 is 88.6. The maximum absolute atomic E-state index is 13.5. The lowest BCUT2D eigenvalue weighted by Crippen LogP contribution is -2.50. The molecule has 2 rings (SSSR count). The third-order valence-corrected chi connectivity index (χ3v) is 5.92. The van der Waals surface area contributed by atoms with E-state index in [-0.39, 0.29) is 17.9 Å². The van der Waals surface area contributed by atoms with Gasteiger partial charge in [0.15, 0.2) is 16.7 Å². The predicted octanol–water partition coefficient (Wildman–Crippen LogP) is 3.50. The molecule has 2 N–H and O–H groups in total. The minimum Gasteiger partial charge on any atom is -0.743 e. The van der Waals surface area contributed by atoms with Crippen molar-refractivity contribution in [3.05, 3.63) is 59.7 Å². The van der Waals surface area contributed by atoms with E-state index in [9.17, 15) is 45.5 Å². The number of phenolic OH excluding ortho intramolecular Hbond substituents is 2. The molecule has 0 fully saturated rings. The summed E-state index contributed by atoms with van der Waals surface area (Å²) in [5.41, 5.74) is 0.247. The molecule has 0 spiro atoms. The standard InChI is InChI=1S/C20H20F4O7S/c1-18(13-2-6-15(25)7-3-13,14-4-8-16(26)9-5-14)11-10-17(27)31-12-19(21,22)20(23,24)32(28,29)30/h2-9,25-26H,10-12H2,1H3,(H,28,29,30)/p-1. The molecule has 0 bridgehead atoms. The number of halogens is 4. The van der Waals surface area contributed by atoms with E-state index in [1.165, 1.54) is 24.3 Å². The van der Waals surface area contributed by atoms with E-state index < -0.39 is 45.7 Å². The van der Waals surface area contributed by atoms with Gasteiger partial charge in [0, 0.05) is 11.8 Å². The number of aromatic hydroxyl groups is 2. The van der Waals surface area contributed by atoms with Crippen molar-refractivity contribution in [2.75, 3.05) is 6.61 Å². The van der Waals surface area contributed by atoms with Gasteiger partial charge in [0.25, 0.3) is 0 Å². The zero-order valence-corrected chi connectivity index (χ0v) is 17.4. The van der Waals surface area contributed by atoms with Crippen molar-refractivity contribution in [1.29, 1.82) is 0 Å². The number of hydrogen-bond donors (Lipinski definition) is 2. The number of benzene rings is 2. The first-order valence-electron chi connectivity index (χ1n) is 9.06. The van der Waals surface area contributed by atoms with Gasteiger partial charge in [-0.05, 0) is 41.8 Å². The van der Waals surface area contributed by atoms with Crippen molar-refractivity contribution in [2.24, 2.45) is 0 Å². The molecule has 0 aliphatic carbocycles. The quantitative estimate of drug-likeness (QED) is 0.320. The lowest BCUT2D eigenvalue weighted by Gasteiger charge is -2.31. The third kappa shape index (κ3) is 5.30. The maximum Gasteiger partial charge on any atom is 0.399 e. The molecule has 0 amide bonds. The lowest BCUT2D eigenvalue weighted by molar-refractivity contribution is -0.196. The molecule has 0 saturated carbocycles. The van der Waals surface area contributed by atoms with Gasteiger partial charge in [0.05, 0.1) is 0 Å². The van der Waals surface area contributed by atoms with Gasteiger partial charge in [-0.15, -0.1) is 0 Å². The molecule has 0 aromatic heterocycles. The van der Waals surface area contributed by atoms with E-state index in [0.29, 0.717) is 11.1 Å². The van der Waals surface area contributed by atoms with Crippen LogP contribution in [-0.4, -0.2) is 46.9 Å². The fourth-order valence-corrected chi connectivity index (χ4v) is 3.40. The van der Waals surface area contributed by atoms with Gasteiger partial charge in [-0.1, -0.05) is 31.2 Å². The molecule has 176 valence electrons. The molecule has 7 nitrogen and oxygen atoms in total. The molecule has 2 aromatic carbocycles. The summed E-state index contributed by atoms with van der Waals surface area (Å²) in [5.74, 6) is -6.80. The molecule has 2 aromatic rings. The second-order valence-corrected chi connectivity index (χ2v) is 8.68. The van der Waals surface area contributed by atoms with Crippen molar-refractivity contribution in [3.8, 4) is 11.5 Å². The largest absolute Gasteiger partial charge is 0.743 e. The van der Waals surface area contributed by atoms with Gasteiger partial charge in [-0.2, -0.15) is 17.6 Å². The number of ether oxygens (including phenoxy) is 1. The number of carbonyl (C=O) groups excluding carboxylic acids is 1. The summed E-state index contributed by atoms with van der Waals surface area (Å²) >= 11 is 0. The molecular weight excluding hydrogens is 460 g/mol. The number of alkyl halides is 4. The van der Waals surface area contributed by atoms with E-state index in [1.54, 1.807) is 31.2 Å². The number of rotatable bonds is 9. The first kappa shape index (κ1) is 25.4. The van der Waals surface area contributed by atoms with Crippen LogP contribution in [0.2, 0.25) is 0 Å². The van der Waals surface area contributed by atoms with Crippen LogP contribution in [0.3, 0.4) is 0 Å². The summed E-state index contributed by atoms with van der Waals surface area (Å²) in [6, 6.07) is 11.8. The van der Waals surface area contributed by atoms with Crippen LogP contribution in [0.4, 0.5) is 17.6 Å². The van der Waals surface area contributed by atoms with Crippen LogP contribution in [0.1, 0.15) is 30.9 Å². The van der Waals surface area contributed by atoms with Crippen molar-refractivity contribution in [3.63, 3.8) is 0 Å². The molecule has 0 heterocycles. The molecule has 32 heavy (non-hydrogen) atoms. The predicted molar refractivity (Wildman–Crippen MR) is 102 cm³/mol. The minimum atomic E-state index is -6.69. The first-order valence-corrected chi connectivity index (χ1v) is 10.5. The number of phenols is 2. The van der Waals surface area contributed by atoms with E-state index in [1.807, 2.05) is 0 Å². The van der Waals surface area contributed by atoms with Crippen molar-refractivity contribution in [2.45, 2.75) is 36.4 Å². The van der Waals surface area contributed by atoms with Gasteiger partial charge >= 0.3 is 17.1 Å². The first-order chi connectivity index (χ1) is 14.6. The molecular formula is C20H19F4O7S-. The van der Waals surface area contributed by atoms with Gasteiger partial charge in [0.1, 0.15) is 11.5 Å². The summed E-state index contributed by atoms with van der Waals surface area (Å²) in [6.07, 6.45) is -0.604. The average Bonchev–Trinajstić information content (AvgIpc) is 2.70. The van der Waals surface area contributed by atoms with Crippen LogP contribution in [0.5, 0.6) is 11.5 Å². The Balaban J connectivity index is 2.18. The Labute approximate surface area is 181 Å². The Morgan fingerprint density at radius 1 is 0.938 bits per heavy atom. The highest BCUT2D eigenvalue weighted by molar-refractivity contribution is 7.86. The second kappa shape index (κ2) is 8.94. The van der Waals surface area contributed by atoms with Crippen LogP contribution in [0.15, 0.2) is 48.5 Å². The minimum absolute atomic E-state index is 0.0299. The Morgan fingerprint density at radius 3 is 1.72 bits per heavy atom. The fourth-order valence-electron chi connectivity index (χ4n) is 2.98. The van der Waals surface area contributed by atoms with Gasteiger partial charge < -0.3 is 19.5 Å². The van der Waals surface area contributed by atoms with Gasteiger partial charge in [-0.25, -0.2) is 8.42 Å². The molecule has 0 unspecified atom stereocenters. The fraction of sp³-hybridized carbons (Fsp3) is 0.350. The lowest BCUT2D eigenvalue weighted by atomic mass is 9.73. The zero-order chi connectivity index (χ0) is 24.4. The zero-order valence-electron chi connectivity index (χ0n) is 16.6. The topological polar surface area (TPSA) is 124 Å². The highest BCUT2D eigenvalue weighted by Gasteiger charge is 2.62. The van der Waals surface area contributed by atoms with Crippen LogP contribution in [-0.2, 0) is 25.1 Å². The van der Waals surface area contributed by atoms with Gasteiger partial charge in [0.2, 0.25) is 0 Å². The maximum atomic E-state index is 13.5. The average molecular weight is 479 g/mol. The molecule has 12 heteroatoms. The van der Waals surface area contributed by atoms with Crippen LogP contribution >= 0.6 is 0 Å². The third-order valence-electron chi connectivity index (χ3n) is 4.99. The Morgan fingerprint density at radius 2 is 1.34 bits per heavy atom. The molecule has 0 aliphatic heterocycles. The number of carbonyl (C=O) groups is 1. The van der Waals surface area contributed by atoms with E-state index in [2.05, 4.69) is 4.74 Å². The van der Waals surface area contributed by atoms with Crippen LogP contribution in [0.25, 0.3) is 0 Å². The molecule has 0 radical (unpaired) electrons. The Hall–Kier alpha value is -2.86. The van der Waals surface area contributed by atoms with E-state index >= 15 is 0 Å². The van der Waals surface area contributed by atoms with Crippen LogP contribution < -0.4 is 0 Å². The van der Waals surface area contributed by atoms with E-state index in [4.69, 9.17) is 0 Å². The highest BCUT2D eigenvalue weighted by atomic mass is 32.2. The normalized spacial score (nSPS) is 13.1. The van der Waals surface area contributed by atoms with Crippen molar-refractivity contribution < 1.29 is 50.3 Å². The molecule has 0 atom stereocenters. The Kier molecular flexibility index (Phi) is 7.10. The highest BCUT2D eigenvalue weighted by Crippen LogP contribution is 2.40. The summed E-state index contributed by atoms with van der Waals surface area (Å²) in [5, 5.41) is 13.1. The summed E-state index contributed by atoms with van der Waals surface area (Å²) in [4.78, 5) is 12.0. The SMILES string of the molecule is CC(CCC(=O)OCC(F)(F)C(F)(F)S(=O)(=O)[O-])(c1ccc(O)cc1)c1ccc(O)cc1. The van der Waals surface area contributed by atoms with Crippen LogP contribution in [0, 0.1) is 0 Å². The van der Waals surface area contributed by atoms with Crippen molar-refractivity contribution >= 4 is 16.1 Å². The monoisotopic (exact) mass is 479 g/mol. The summed E-state index contributed by atoms with van der Waals surface area (Å²) in [6.45, 7) is -0.610. The smallest absolute Gasteiger partial charge is 0.399 e. The second-order valence-electron chi connectivity index (χ2n) is 7.26. The van der Waals surface area contributed by atoms with Crippen molar-refractivity contribution in [1.82, 2.24) is 0 Å². The molecule has 0 aliphatic rings. The van der Waals surface area contributed by atoms with Gasteiger partial charge in [-0.3, -0.25) is 4.79 Å². The Bertz CT molecular complexity index is 1010.